The molecular weight excluding hydrogens is 210 g/mol. The number of aromatic nitrogens is 3. The fourth-order valence-corrected chi connectivity index (χ4v) is 0.954. The lowest BCUT2D eigenvalue weighted by Gasteiger charge is -2.10. The lowest BCUT2D eigenvalue weighted by molar-refractivity contribution is 0.207. The van der Waals surface area contributed by atoms with Crippen molar-refractivity contribution in [2.24, 2.45) is 0 Å². The summed E-state index contributed by atoms with van der Waals surface area (Å²) in [5, 5.41) is 11.9. The van der Waals surface area contributed by atoms with Gasteiger partial charge in [0.2, 0.25) is 11.9 Å². The Labute approximate surface area is 94.1 Å². The molecule has 1 unspecified atom stereocenters. The number of nitrogens with two attached hydrogens (primary N) is 1. The van der Waals surface area contributed by atoms with Crippen LogP contribution >= 0.6 is 0 Å². The van der Waals surface area contributed by atoms with Gasteiger partial charge >= 0.3 is 6.01 Å². The quantitative estimate of drug-likeness (QED) is 0.651. The van der Waals surface area contributed by atoms with Crippen LogP contribution in [0.25, 0.3) is 0 Å². The molecule has 0 bridgehead atoms. The lowest BCUT2D eigenvalue weighted by Crippen LogP contribution is -2.18. The normalized spacial score (nSPS) is 12.6. The van der Waals surface area contributed by atoms with Gasteiger partial charge in [-0.1, -0.05) is 0 Å². The van der Waals surface area contributed by atoms with E-state index in [4.69, 9.17) is 15.6 Å². The zero-order valence-corrected chi connectivity index (χ0v) is 9.64. The van der Waals surface area contributed by atoms with Crippen LogP contribution in [0.15, 0.2) is 0 Å². The van der Waals surface area contributed by atoms with Gasteiger partial charge in [0.15, 0.2) is 0 Å². The molecule has 1 rings (SSSR count). The van der Waals surface area contributed by atoms with Gasteiger partial charge in [-0.3, -0.25) is 0 Å². The van der Waals surface area contributed by atoms with Gasteiger partial charge in [0.1, 0.15) is 0 Å². The average Bonchev–Trinajstić information content (AvgIpc) is 2.12. The molecule has 0 fully saturated rings. The molecule has 0 aromatic carbocycles. The molecule has 0 spiro atoms. The summed E-state index contributed by atoms with van der Waals surface area (Å²) in [6.07, 6.45) is -0.529. The number of aliphatic hydroxyl groups excluding tert-OH is 1. The Bertz CT molecular complexity index is 343. The third-order valence-corrected chi connectivity index (χ3v) is 1.53. The van der Waals surface area contributed by atoms with Crippen molar-refractivity contribution in [2.45, 2.75) is 33.0 Å². The molecule has 0 radical (unpaired) electrons. The van der Waals surface area contributed by atoms with Crippen LogP contribution in [0.4, 0.5) is 11.9 Å². The van der Waals surface area contributed by atoms with Gasteiger partial charge in [-0.25, -0.2) is 0 Å². The number of nitrogens with one attached hydrogen (secondary N) is 1. The lowest BCUT2D eigenvalue weighted by atomic mass is 10.4. The Hall–Kier alpha value is -1.63. The fraction of sp³-hybridized carbons (Fsp3) is 0.667. The predicted molar refractivity (Wildman–Crippen MR) is 60.2 cm³/mol. The van der Waals surface area contributed by atoms with Crippen molar-refractivity contribution in [3.05, 3.63) is 0 Å². The van der Waals surface area contributed by atoms with Crippen molar-refractivity contribution in [3.63, 3.8) is 0 Å². The minimum atomic E-state index is -0.493. The third-order valence-electron chi connectivity index (χ3n) is 1.53. The second kappa shape index (κ2) is 5.45. The van der Waals surface area contributed by atoms with E-state index in [2.05, 4.69) is 20.3 Å². The number of nitrogen functional groups attached to an aromatic ring is 1. The second-order valence-corrected chi connectivity index (χ2v) is 3.70. The summed E-state index contributed by atoms with van der Waals surface area (Å²) in [5.74, 6) is 0.378. The van der Waals surface area contributed by atoms with Crippen LogP contribution in [0.3, 0.4) is 0 Å². The number of ether oxygens (including phenoxy) is 1. The average molecular weight is 227 g/mol. The highest BCUT2D eigenvalue weighted by atomic mass is 16.5. The van der Waals surface area contributed by atoms with E-state index in [9.17, 15) is 0 Å². The van der Waals surface area contributed by atoms with Crippen molar-refractivity contribution >= 4 is 11.9 Å². The molecule has 0 saturated carbocycles. The Morgan fingerprint density at radius 1 is 1.31 bits per heavy atom. The molecule has 16 heavy (non-hydrogen) atoms. The van der Waals surface area contributed by atoms with E-state index < -0.39 is 6.10 Å². The number of hydrogen-bond donors (Lipinski definition) is 3. The van der Waals surface area contributed by atoms with Crippen LogP contribution < -0.4 is 15.8 Å². The van der Waals surface area contributed by atoms with Crippen LogP contribution in [-0.4, -0.2) is 38.8 Å². The summed E-state index contributed by atoms with van der Waals surface area (Å²) in [5.41, 5.74) is 5.50. The summed E-state index contributed by atoms with van der Waals surface area (Å²) in [6, 6.07) is 0.176. The number of anilines is 2. The Morgan fingerprint density at radius 2 is 2.00 bits per heavy atom. The van der Waals surface area contributed by atoms with E-state index in [-0.39, 0.29) is 18.1 Å². The van der Waals surface area contributed by atoms with Gasteiger partial charge < -0.3 is 20.9 Å². The smallest absolute Gasteiger partial charge is 0.323 e. The largest absolute Gasteiger partial charge is 0.461 e. The topological polar surface area (TPSA) is 106 Å². The second-order valence-electron chi connectivity index (χ2n) is 3.70. The van der Waals surface area contributed by atoms with Gasteiger partial charge in [0.25, 0.3) is 0 Å². The Kier molecular flexibility index (Phi) is 4.24. The van der Waals surface area contributed by atoms with Crippen LogP contribution in [0.1, 0.15) is 20.8 Å². The first-order valence-corrected chi connectivity index (χ1v) is 5.07. The van der Waals surface area contributed by atoms with E-state index in [0.717, 1.165) is 0 Å². The predicted octanol–water partition coefficient (Wildman–Crippen LogP) is 0.0337. The SMILES string of the molecule is CC(O)CNc1nc(N)nc(OC(C)C)n1. The summed E-state index contributed by atoms with van der Waals surface area (Å²) in [4.78, 5) is 11.7. The maximum Gasteiger partial charge on any atom is 0.323 e. The van der Waals surface area contributed by atoms with Crippen molar-refractivity contribution in [3.8, 4) is 6.01 Å². The first-order chi connectivity index (χ1) is 7.47. The summed E-state index contributed by atoms with van der Waals surface area (Å²) < 4.78 is 5.30. The molecule has 7 nitrogen and oxygen atoms in total. The van der Waals surface area contributed by atoms with Crippen molar-refractivity contribution < 1.29 is 9.84 Å². The monoisotopic (exact) mass is 227 g/mol. The standard InChI is InChI=1S/C9H17N5O2/c1-5(2)16-9-13-7(10)12-8(14-9)11-4-6(3)15/h5-6,15H,4H2,1-3H3,(H3,10,11,12,13,14). The van der Waals surface area contributed by atoms with Crippen LogP contribution in [0, 0.1) is 0 Å². The summed E-state index contributed by atoms with van der Waals surface area (Å²) in [6.45, 7) is 5.72. The fourth-order valence-electron chi connectivity index (χ4n) is 0.954. The maximum atomic E-state index is 9.10. The van der Waals surface area contributed by atoms with Crippen LogP contribution in [0.5, 0.6) is 6.01 Å². The number of aliphatic hydroxyl groups is 1. The van der Waals surface area contributed by atoms with Gasteiger partial charge in [0, 0.05) is 6.54 Å². The molecule has 0 aliphatic rings. The van der Waals surface area contributed by atoms with Gasteiger partial charge in [-0.05, 0) is 20.8 Å². The van der Waals surface area contributed by atoms with E-state index in [1.54, 1.807) is 6.92 Å². The van der Waals surface area contributed by atoms with Crippen LogP contribution in [0.2, 0.25) is 0 Å². The molecule has 1 aromatic rings. The minimum absolute atomic E-state index is 0.0357. The summed E-state index contributed by atoms with van der Waals surface area (Å²) >= 11 is 0. The molecular formula is C9H17N5O2. The molecule has 0 aliphatic heterocycles. The highest BCUT2D eigenvalue weighted by Crippen LogP contribution is 2.10. The van der Waals surface area contributed by atoms with Crippen molar-refractivity contribution in [2.75, 3.05) is 17.6 Å². The zero-order valence-electron chi connectivity index (χ0n) is 9.64. The highest BCUT2D eigenvalue weighted by Gasteiger charge is 2.07. The van der Waals surface area contributed by atoms with Crippen molar-refractivity contribution in [1.29, 1.82) is 0 Å². The van der Waals surface area contributed by atoms with E-state index in [1.807, 2.05) is 13.8 Å². The Morgan fingerprint density at radius 3 is 2.56 bits per heavy atom. The minimum Gasteiger partial charge on any atom is -0.461 e. The first kappa shape index (κ1) is 12.4. The molecule has 0 aliphatic carbocycles. The van der Waals surface area contributed by atoms with Gasteiger partial charge in [-0.2, -0.15) is 15.0 Å². The highest BCUT2D eigenvalue weighted by molar-refractivity contribution is 5.32. The summed E-state index contributed by atoms with van der Waals surface area (Å²) in [7, 11) is 0. The van der Waals surface area contributed by atoms with Crippen molar-refractivity contribution in [1.82, 2.24) is 15.0 Å². The molecule has 4 N–H and O–H groups in total. The number of hydrogen-bond acceptors (Lipinski definition) is 7. The molecule has 90 valence electrons. The molecule has 0 amide bonds. The van der Waals surface area contributed by atoms with E-state index in [1.165, 1.54) is 0 Å². The van der Waals surface area contributed by atoms with Gasteiger partial charge in [0.05, 0.1) is 12.2 Å². The van der Waals surface area contributed by atoms with Crippen LogP contribution in [-0.2, 0) is 0 Å². The molecule has 7 heteroatoms. The van der Waals surface area contributed by atoms with E-state index in [0.29, 0.717) is 12.5 Å². The maximum absolute atomic E-state index is 9.10. The molecule has 1 heterocycles. The molecule has 1 atom stereocenters. The first-order valence-electron chi connectivity index (χ1n) is 5.07. The Balaban J connectivity index is 2.73. The van der Waals surface area contributed by atoms with E-state index >= 15 is 0 Å². The van der Waals surface area contributed by atoms with Gasteiger partial charge in [-0.15, -0.1) is 0 Å². The molecule has 0 saturated heterocycles. The number of nitrogens with zero attached hydrogens (tertiary/aromatic N) is 3. The zero-order chi connectivity index (χ0) is 12.1. The molecule has 1 aromatic heterocycles. The number of rotatable bonds is 5. The third kappa shape index (κ3) is 4.26.